The summed E-state index contributed by atoms with van der Waals surface area (Å²) in [7, 11) is 3.86. The lowest BCUT2D eigenvalue weighted by molar-refractivity contribution is 0.205. The monoisotopic (exact) mass is 650 g/mol. The highest BCUT2D eigenvalue weighted by atomic mass is 35.5. The van der Waals surface area contributed by atoms with Crippen molar-refractivity contribution in [2.75, 3.05) is 37.8 Å². The number of fused-ring (bicyclic) bond motifs is 1. The van der Waals surface area contributed by atoms with E-state index in [-0.39, 0.29) is 11.5 Å². The van der Waals surface area contributed by atoms with Crippen molar-refractivity contribution in [3.8, 4) is 37.0 Å². The smallest absolute Gasteiger partial charge is 0.433 e. The number of imidazole rings is 1. The van der Waals surface area contributed by atoms with Crippen LogP contribution >= 0.6 is 23.5 Å². The summed E-state index contributed by atoms with van der Waals surface area (Å²) in [5.41, 5.74) is 8.60. The molecule has 1 saturated carbocycles. The van der Waals surface area contributed by atoms with Gasteiger partial charge in [0.2, 0.25) is 5.95 Å². The van der Waals surface area contributed by atoms with E-state index in [2.05, 4.69) is 64.2 Å². The topological polar surface area (TPSA) is 126 Å². The van der Waals surface area contributed by atoms with Crippen LogP contribution in [0.3, 0.4) is 0 Å². The summed E-state index contributed by atoms with van der Waals surface area (Å²) in [5.74, 6) is 1.35. The molecule has 3 heterocycles. The first kappa shape index (κ1) is 38.7. The van der Waals surface area contributed by atoms with E-state index in [1.807, 2.05) is 35.9 Å². The number of halogens is 1. The first-order valence-corrected chi connectivity index (χ1v) is 15.7. The number of nitrogens with two attached hydrogens (primary N) is 1. The molecule has 10 nitrogen and oxygen atoms in total. The molecule has 0 spiro atoms. The third-order valence-corrected chi connectivity index (χ3v) is 7.94. The van der Waals surface area contributed by atoms with Gasteiger partial charge in [-0.25, -0.2) is 19.1 Å². The van der Waals surface area contributed by atoms with Gasteiger partial charge < -0.3 is 20.3 Å². The van der Waals surface area contributed by atoms with Crippen LogP contribution in [0, 0.1) is 31.6 Å². The van der Waals surface area contributed by atoms with Crippen LogP contribution in [-0.4, -0.2) is 73.8 Å². The molecular weight excluding hydrogens is 608 g/mol. The Morgan fingerprint density at radius 3 is 2.38 bits per heavy atom. The van der Waals surface area contributed by atoms with Crippen molar-refractivity contribution < 1.29 is 9.90 Å². The Balaban J connectivity index is 0.000000715. The number of nitrogens with zero attached hydrogens (tertiary/aromatic N) is 7. The van der Waals surface area contributed by atoms with Crippen LogP contribution in [0.15, 0.2) is 54.8 Å². The maximum atomic E-state index is 11.0. The summed E-state index contributed by atoms with van der Waals surface area (Å²) in [6.45, 7) is 9.89. The van der Waals surface area contributed by atoms with E-state index >= 15 is 0 Å². The Morgan fingerprint density at radius 1 is 1.18 bits per heavy atom. The molecule has 12 heteroatoms. The second-order valence-electron chi connectivity index (χ2n) is 9.78. The Morgan fingerprint density at radius 2 is 1.84 bits per heavy atom. The van der Waals surface area contributed by atoms with Gasteiger partial charge in [-0.2, -0.15) is 4.99 Å². The largest absolute Gasteiger partial charge is 0.463 e. The molecule has 1 aliphatic carbocycles. The highest BCUT2D eigenvalue weighted by Gasteiger charge is 2.20. The molecule has 0 unspecified atom stereocenters. The number of amidine groups is 1. The van der Waals surface area contributed by atoms with Crippen LogP contribution in [0.4, 0.5) is 10.7 Å². The average molecular weight is 651 g/mol. The molecule has 3 aromatic heterocycles. The molecule has 3 N–H and O–H groups in total. The summed E-state index contributed by atoms with van der Waals surface area (Å²) in [6.07, 6.45) is 30.8. The number of aromatic nitrogens is 4. The average Bonchev–Trinajstić information content (AvgIpc) is 3.40. The Kier molecular flexibility index (Phi) is 17.8. The third-order valence-electron chi connectivity index (χ3n) is 6.89. The van der Waals surface area contributed by atoms with Crippen molar-refractivity contribution in [1.29, 1.82) is 0 Å². The number of aliphatic imine (C=N–C) groups is 1. The molecule has 240 valence electrons. The van der Waals surface area contributed by atoms with Gasteiger partial charge in [0, 0.05) is 51.7 Å². The normalized spacial score (nSPS) is 12.9. The molecule has 3 aromatic rings. The number of likely N-dealkylation sites (N-methyl/N-ethyl adjacent to an activating group) is 1. The van der Waals surface area contributed by atoms with Gasteiger partial charge in [0.1, 0.15) is 5.69 Å². The molecule has 0 bridgehead atoms. The van der Waals surface area contributed by atoms with E-state index < -0.39 is 6.09 Å². The number of rotatable bonds is 10. The Bertz CT molecular complexity index is 1470. The van der Waals surface area contributed by atoms with Crippen molar-refractivity contribution in [2.24, 2.45) is 23.7 Å². The molecule has 0 aromatic carbocycles. The number of allylic oxidation sites excluding steroid dienone is 1. The standard InChI is InChI=1S/C21H25ClN8O2S.C8H14.2C2H2/c1-5-6-30(33-4)8-7-28(2)20-26-15-10-16(19(23)27-21(31)32)25-17(18(15)29(20)3)13-9-14(22)12-24-11-13;1-2-8-6-4-3-5-7-8;2*1-2/h5,9-12H,1,6-8H2,2-4H3,(H2,23,27)(H,31,32);2,8H,1,3-7H2;2*1-2H. The van der Waals surface area contributed by atoms with Gasteiger partial charge in [-0.3, -0.25) is 4.98 Å². The number of hydrogen-bond donors (Lipinski definition) is 2. The predicted molar refractivity (Wildman–Crippen MR) is 191 cm³/mol. The van der Waals surface area contributed by atoms with Gasteiger partial charge in [0.05, 0.1) is 21.7 Å². The number of carbonyl (C=O) groups is 1. The predicted octanol–water partition coefficient (Wildman–Crippen LogP) is 6.52. The van der Waals surface area contributed by atoms with Gasteiger partial charge >= 0.3 is 6.09 Å². The van der Waals surface area contributed by atoms with Crippen LogP contribution in [0.25, 0.3) is 22.3 Å². The molecule has 1 fully saturated rings. The van der Waals surface area contributed by atoms with E-state index in [0.717, 1.165) is 31.1 Å². The zero-order valence-corrected chi connectivity index (χ0v) is 27.8. The molecule has 45 heavy (non-hydrogen) atoms. The zero-order valence-electron chi connectivity index (χ0n) is 26.3. The van der Waals surface area contributed by atoms with Gasteiger partial charge in [-0.05, 0) is 37.1 Å². The molecule has 4 rings (SSSR count). The quantitative estimate of drug-likeness (QED) is 0.0829. The molecule has 0 radical (unpaired) electrons. The molecule has 1 amide bonds. The van der Waals surface area contributed by atoms with Crippen LogP contribution in [0.5, 0.6) is 0 Å². The van der Waals surface area contributed by atoms with Crippen molar-refractivity contribution >= 4 is 52.5 Å². The summed E-state index contributed by atoms with van der Waals surface area (Å²) in [6, 6.07) is 3.36. The SMILES string of the molecule is C#C.C#C.C=CC1CCCCC1.C=CCN(CCN(C)c1nc2cc(/C(N)=N/C(=O)O)nc(-c3cncc(Cl)c3)c2n1C)SC. The van der Waals surface area contributed by atoms with Crippen molar-refractivity contribution in [3.63, 3.8) is 0 Å². The number of pyridine rings is 2. The van der Waals surface area contributed by atoms with Crippen LogP contribution in [0.2, 0.25) is 5.02 Å². The van der Waals surface area contributed by atoms with Crippen molar-refractivity contribution in [3.05, 3.63) is 60.6 Å². The van der Waals surface area contributed by atoms with E-state index in [1.54, 1.807) is 30.3 Å². The Labute approximate surface area is 276 Å². The lowest BCUT2D eigenvalue weighted by Gasteiger charge is -2.23. The highest BCUT2D eigenvalue weighted by molar-refractivity contribution is 7.96. The number of terminal acetylenes is 2. The van der Waals surface area contributed by atoms with Gasteiger partial charge in [0.15, 0.2) is 5.84 Å². The fraction of sp³-hybridized carbons (Fsp3) is 0.364. The highest BCUT2D eigenvalue weighted by Crippen LogP contribution is 2.31. The number of carboxylic acid groups (broad SMARTS) is 1. The summed E-state index contributed by atoms with van der Waals surface area (Å²) in [5, 5.41) is 9.45. The summed E-state index contributed by atoms with van der Waals surface area (Å²) >= 11 is 7.82. The minimum Gasteiger partial charge on any atom is -0.463 e. The van der Waals surface area contributed by atoms with Crippen LogP contribution in [-0.2, 0) is 7.05 Å². The zero-order chi connectivity index (χ0) is 33.9. The van der Waals surface area contributed by atoms with Gasteiger partial charge in [-0.15, -0.1) is 38.9 Å². The number of amides is 1. The van der Waals surface area contributed by atoms with Crippen molar-refractivity contribution in [1.82, 2.24) is 23.8 Å². The third kappa shape index (κ3) is 11.6. The van der Waals surface area contributed by atoms with E-state index in [9.17, 15) is 4.79 Å². The first-order valence-electron chi connectivity index (χ1n) is 14.1. The molecule has 0 atom stereocenters. The van der Waals surface area contributed by atoms with Crippen LogP contribution in [0.1, 0.15) is 37.8 Å². The fourth-order valence-corrected chi connectivity index (χ4v) is 5.42. The maximum Gasteiger partial charge on any atom is 0.433 e. The summed E-state index contributed by atoms with van der Waals surface area (Å²) < 4.78 is 4.13. The fourth-order valence-electron chi connectivity index (χ4n) is 4.73. The molecular formula is C33H43ClN8O2S. The number of anilines is 1. The van der Waals surface area contributed by atoms with Gasteiger partial charge in [0.25, 0.3) is 0 Å². The van der Waals surface area contributed by atoms with E-state index in [0.29, 0.717) is 27.7 Å². The first-order chi connectivity index (χ1) is 21.7. The number of aryl methyl sites for hydroxylation is 1. The van der Waals surface area contributed by atoms with Crippen LogP contribution < -0.4 is 10.6 Å². The second kappa shape index (κ2) is 20.6. The lowest BCUT2D eigenvalue weighted by atomic mass is 9.90. The minimum atomic E-state index is -1.40. The second-order valence-corrected chi connectivity index (χ2v) is 11.1. The molecule has 1 aliphatic rings. The molecule has 0 aliphatic heterocycles. The van der Waals surface area contributed by atoms with E-state index in [4.69, 9.17) is 27.4 Å². The number of hydrogen-bond acceptors (Lipinski definition) is 7. The van der Waals surface area contributed by atoms with E-state index in [1.165, 1.54) is 38.3 Å². The van der Waals surface area contributed by atoms with Crippen molar-refractivity contribution in [2.45, 2.75) is 32.1 Å². The molecule has 0 saturated heterocycles. The Hall–Kier alpha value is -4.29. The minimum absolute atomic E-state index is 0.201. The van der Waals surface area contributed by atoms with Gasteiger partial charge in [-0.1, -0.05) is 55.0 Å². The maximum absolute atomic E-state index is 11.0. The summed E-state index contributed by atoms with van der Waals surface area (Å²) in [4.78, 5) is 30.0. The lowest BCUT2D eigenvalue weighted by Crippen LogP contribution is -2.30.